The molecule has 0 aromatic heterocycles. The molecule has 0 aliphatic rings. The molecule has 0 unspecified atom stereocenters. The number of benzene rings is 1. The largest absolute Gasteiger partial charge is 0.460 e. The van der Waals surface area contributed by atoms with Crippen LogP contribution in [0.2, 0.25) is 0 Å². The van der Waals surface area contributed by atoms with Gasteiger partial charge in [0.05, 0.1) is 0 Å². The van der Waals surface area contributed by atoms with Gasteiger partial charge in [0.25, 0.3) is 5.91 Å². The number of hydrogen-bond acceptors (Lipinski definition) is 1. The first-order chi connectivity index (χ1) is 14.1. The Morgan fingerprint density at radius 3 is 1.62 bits per heavy atom. The van der Waals surface area contributed by atoms with Gasteiger partial charge in [0, 0.05) is 21.8 Å². The first-order valence-electron chi connectivity index (χ1n) is 7.80. The third-order valence-corrected chi connectivity index (χ3v) is 4.44. The number of allylic oxidation sites excluding steroid dienone is 1. The molecule has 16 heteroatoms. The van der Waals surface area contributed by atoms with Gasteiger partial charge in [0.1, 0.15) is 0 Å². The fourth-order valence-electron chi connectivity index (χ4n) is 1.98. The molecule has 0 saturated carbocycles. The van der Waals surface area contributed by atoms with E-state index in [-0.39, 0.29) is 5.56 Å². The SMILES string of the molecule is O=C(NCC(I)=CC(F)(F)C(F)(F)C(F)(F)C(F)(F)C(F)(F)C(F)(F)F)c1ccccc1. The number of carbonyl (C=O) groups excluding carboxylic acids is 1. The van der Waals surface area contributed by atoms with E-state index in [4.69, 9.17) is 0 Å². The molecule has 0 saturated heterocycles. The second kappa shape index (κ2) is 8.89. The highest BCUT2D eigenvalue weighted by Gasteiger charge is 2.90. The van der Waals surface area contributed by atoms with Gasteiger partial charge in [-0.05, 0) is 34.7 Å². The van der Waals surface area contributed by atoms with Gasteiger partial charge in [-0.25, -0.2) is 0 Å². The Balaban J connectivity index is 3.20. The average Bonchev–Trinajstić information content (AvgIpc) is 2.64. The number of rotatable bonds is 8. The molecule has 0 fully saturated rings. The van der Waals surface area contributed by atoms with Crippen LogP contribution < -0.4 is 5.32 Å². The average molecular weight is 605 g/mol. The van der Waals surface area contributed by atoms with Crippen LogP contribution in [-0.2, 0) is 0 Å². The maximum atomic E-state index is 13.7. The smallest absolute Gasteiger partial charge is 0.348 e. The van der Waals surface area contributed by atoms with Gasteiger partial charge in [-0.2, -0.15) is 57.1 Å². The molecule has 0 heterocycles. The van der Waals surface area contributed by atoms with Crippen LogP contribution in [0.1, 0.15) is 10.4 Å². The summed E-state index contributed by atoms with van der Waals surface area (Å²) in [5.41, 5.74) is -0.0469. The minimum Gasteiger partial charge on any atom is -0.348 e. The molecule has 32 heavy (non-hydrogen) atoms. The zero-order valence-electron chi connectivity index (χ0n) is 14.9. The second-order valence-electron chi connectivity index (χ2n) is 6.06. The lowest BCUT2D eigenvalue weighted by molar-refractivity contribution is -0.436. The lowest BCUT2D eigenvalue weighted by atomic mass is 9.94. The van der Waals surface area contributed by atoms with Gasteiger partial charge in [0.2, 0.25) is 0 Å². The number of alkyl halides is 13. The molecule has 2 nitrogen and oxygen atoms in total. The van der Waals surface area contributed by atoms with Crippen LogP contribution in [0, 0.1) is 0 Å². The molecule has 1 aromatic rings. The van der Waals surface area contributed by atoms with E-state index in [9.17, 15) is 61.9 Å². The molecular formula is C16H9F13INO. The topological polar surface area (TPSA) is 29.1 Å². The fourth-order valence-corrected chi connectivity index (χ4v) is 2.56. The number of carbonyl (C=O) groups is 1. The standard InChI is InChI=1S/C16H9F13INO/c17-11(18,6-9(30)7-31-10(32)8-4-2-1-3-5-8)12(19,20)13(21,22)14(23,24)15(25,26)16(27,28)29/h1-6H,7H2,(H,31,32). The van der Waals surface area contributed by atoms with Crippen LogP contribution >= 0.6 is 22.6 Å². The third kappa shape index (κ3) is 4.93. The maximum Gasteiger partial charge on any atom is 0.460 e. The second-order valence-corrected chi connectivity index (χ2v) is 7.44. The van der Waals surface area contributed by atoms with E-state index in [0.717, 1.165) is 22.6 Å². The Labute approximate surface area is 184 Å². The van der Waals surface area contributed by atoms with Crippen molar-refractivity contribution in [3.8, 4) is 0 Å². The van der Waals surface area contributed by atoms with Gasteiger partial charge >= 0.3 is 35.8 Å². The Kier molecular flexibility index (Phi) is 7.86. The number of hydrogen-bond donors (Lipinski definition) is 1. The van der Waals surface area contributed by atoms with Crippen molar-refractivity contribution in [3.63, 3.8) is 0 Å². The lowest BCUT2D eigenvalue weighted by Gasteiger charge is -2.39. The quantitative estimate of drug-likeness (QED) is 0.267. The molecule has 0 spiro atoms. The highest BCUT2D eigenvalue weighted by atomic mass is 127. The van der Waals surface area contributed by atoms with Crippen LogP contribution in [0.25, 0.3) is 0 Å². The minimum atomic E-state index is -7.95. The Bertz CT molecular complexity index is 849. The highest BCUT2D eigenvalue weighted by molar-refractivity contribution is 14.1. The fraction of sp³-hybridized carbons (Fsp3) is 0.438. The summed E-state index contributed by atoms with van der Waals surface area (Å²) < 4.78 is 168. The summed E-state index contributed by atoms with van der Waals surface area (Å²) in [5.74, 6) is -38.3. The van der Waals surface area contributed by atoms with E-state index in [1.165, 1.54) is 30.3 Å². The van der Waals surface area contributed by atoms with Crippen LogP contribution in [0.4, 0.5) is 57.1 Å². The van der Waals surface area contributed by atoms with Crippen molar-refractivity contribution in [1.29, 1.82) is 0 Å². The van der Waals surface area contributed by atoms with Gasteiger partial charge in [-0.1, -0.05) is 18.2 Å². The van der Waals surface area contributed by atoms with E-state index < -0.39 is 57.9 Å². The third-order valence-electron chi connectivity index (χ3n) is 3.75. The first kappa shape index (κ1) is 28.3. The van der Waals surface area contributed by atoms with Crippen LogP contribution in [0.5, 0.6) is 0 Å². The number of halogens is 14. The molecule has 0 atom stereocenters. The summed E-state index contributed by atoms with van der Waals surface area (Å²) in [6, 6.07) is 6.71. The van der Waals surface area contributed by atoms with Crippen molar-refractivity contribution >= 4 is 28.5 Å². The van der Waals surface area contributed by atoms with Crippen molar-refractivity contribution in [1.82, 2.24) is 5.32 Å². The van der Waals surface area contributed by atoms with Crippen molar-refractivity contribution in [2.75, 3.05) is 6.54 Å². The van der Waals surface area contributed by atoms with E-state index in [1.807, 2.05) is 5.32 Å². The van der Waals surface area contributed by atoms with Crippen molar-refractivity contribution < 1.29 is 61.9 Å². The molecule has 0 aliphatic heterocycles. The Morgan fingerprint density at radius 1 is 0.750 bits per heavy atom. The van der Waals surface area contributed by atoms with E-state index in [2.05, 4.69) is 0 Å². The van der Waals surface area contributed by atoms with Gasteiger partial charge in [0.15, 0.2) is 0 Å². The Hall–Kier alpha value is -1.75. The minimum absolute atomic E-state index is 0.0469. The molecular weight excluding hydrogens is 596 g/mol. The summed E-state index contributed by atoms with van der Waals surface area (Å²) in [6.07, 6.45) is -8.52. The van der Waals surface area contributed by atoms with E-state index in [1.54, 1.807) is 0 Å². The molecule has 1 aromatic carbocycles. The molecule has 1 amide bonds. The normalized spacial score (nSPS) is 15.0. The number of nitrogens with one attached hydrogen (secondary N) is 1. The van der Waals surface area contributed by atoms with Gasteiger partial charge in [-0.3, -0.25) is 4.79 Å². The maximum absolute atomic E-state index is 13.7. The van der Waals surface area contributed by atoms with E-state index in [0.29, 0.717) is 0 Å². The molecule has 0 bridgehead atoms. The van der Waals surface area contributed by atoms with Crippen LogP contribution in [-0.4, -0.2) is 48.2 Å². The molecule has 182 valence electrons. The monoisotopic (exact) mass is 605 g/mol. The number of amides is 1. The summed E-state index contributed by atoms with van der Waals surface area (Å²) >= 11 is 0.810. The van der Waals surface area contributed by atoms with Crippen molar-refractivity contribution in [2.45, 2.75) is 35.8 Å². The van der Waals surface area contributed by atoms with Crippen LogP contribution in [0.15, 0.2) is 40.0 Å². The highest BCUT2D eigenvalue weighted by Crippen LogP contribution is 2.60. The molecule has 1 rings (SSSR count). The molecule has 1 N–H and O–H groups in total. The summed E-state index contributed by atoms with van der Waals surface area (Å²) in [6.45, 7) is -1.03. The summed E-state index contributed by atoms with van der Waals surface area (Å²) in [7, 11) is 0. The van der Waals surface area contributed by atoms with Gasteiger partial charge in [-0.15, -0.1) is 0 Å². The van der Waals surface area contributed by atoms with Gasteiger partial charge < -0.3 is 5.32 Å². The van der Waals surface area contributed by atoms with Crippen LogP contribution in [0.3, 0.4) is 0 Å². The molecule has 0 radical (unpaired) electrons. The van der Waals surface area contributed by atoms with Crippen molar-refractivity contribution in [3.05, 3.63) is 45.6 Å². The van der Waals surface area contributed by atoms with Crippen molar-refractivity contribution in [2.24, 2.45) is 0 Å². The summed E-state index contributed by atoms with van der Waals surface area (Å²) in [4.78, 5) is 11.7. The van der Waals surface area contributed by atoms with E-state index >= 15 is 0 Å². The lowest BCUT2D eigenvalue weighted by Crippen LogP contribution is -2.69. The predicted molar refractivity (Wildman–Crippen MR) is 91.7 cm³/mol. The Morgan fingerprint density at radius 2 is 1.19 bits per heavy atom. The predicted octanol–water partition coefficient (Wildman–Crippen LogP) is 6.47. The zero-order valence-corrected chi connectivity index (χ0v) is 17.0. The molecule has 0 aliphatic carbocycles. The first-order valence-corrected chi connectivity index (χ1v) is 8.87. The zero-order chi connectivity index (χ0) is 25.4. The summed E-state index contributed by atoms with van der Waals surface area (Å²) in [5, 5.41) is 1.89.